The lowest BCUT2D eigenvalue weighted by Gasteiger charge is -2.07. The van der Waals surface area contributed by atoms with Gasteiger partial charge in [-0.1, -0.05) is 18.2 Å². The van der Waals surface area contributed by atoms with Gasteiger partial charge in [0.05, 0.1) is 5.69 Å². The van der Waals surface area contributed by atoms with Gasteiger partial charge in [-0.3, -0.25) is 0 Å². The van der Waals surface area contributed by atoms with Crippen LogP contribution in [0.1, 0.15) is 5.56 Å². The van der Waals surface area contributed by atoms with Crippen LogP contribution in [-0.2, 0) is 0 Å². The number of hydrogen-bond donors (Lipinski definition) is 0. The first kappa shape index (κ1) is 7.74. The Morgan fingerprint density at radius 1 is 1.42 bits per heavy atom. The topological polar surface area (TPSA) is 27.0 Å². The van der Waals surface area contributed by atoms with Gasteiger partial charge in [0, 0.05) is 33.6 Å². The Balaban J connectivity index is 2.62. The molecule has 3 heteroatoms. The lowest BCUT2D eigenvalue weighted by Crippen LogP contribution is -1.98. The second kappa shape index (κ2) is 2.87. The van der Waals surface area contributed by atoms with E-state index in [2.05, 4.69) is 22.3 Å². The van der Waals surface area contributed by atoms with Crippen molar-refractivity contribution < 1.29 is 0 Å². The molecule has 0 saturated carbocycles. The molecule has 1 aliphatic heterocycles. The first-order valence-corrected chi connectivity index (χ1v) is 5.62. The predicted octanol–water partition coefficient (Wildman–Crippen LogP) is 2.07. The van der Waals surface area contributed by atoms with Crippen molar-refractivity contribution in [1.29, 1.82) is 5.26 Å². The molecule has 0 aromatic heterocycles. The fourth-order valence-electron chi connectivity index (χ4n) is 1.22. The van der Waals surface area contributed by atoms with Gasteiger partial charge in [-0.2, -0.15) is 5.26 Å². The quantitative estimate of drug-likeness (QED) is 0.533. The van der Waals surface area contributed by atoms with Crippen molar-refractivity contribution in [2.45, 2.75) is 0 Å². The highest BCUT2D eigenvalue weighted by Crippen LogP contribution is 2.33. The van der Waals surface area contributed by atoms with E-state index in [0.717, 1.165) is 9.07 Å². The second-order valence-corrected chi connectivity index (χ2v) is 5.51. The zero-order valence-electron chi connectivity index (χ0n) is 6.58. The normalized spacial score (nSPS) is 14.3. The summed E-state index contributed by atoms with van der Waals surface area (Å²) in [7, 11) is 2.05. The fourth-order valence-corrected chi connectivity index (χ4v) is 3.45. The number of fused-ring (bicyclic) bond motifs is 1. The molecule has 0 bridgehead atoms. The lowest BCUT2D eigenvalue weighted by molar-refractivity contribution is 1.41. The highest BCUT2D eigenvalue weighted by molar-refractivity contribution is 14.2. The molecule has 1 aromatic carbocycles. The molecule has 0 aliphatic carbocycles. The van der Waals surface area contributed by atoms with E-state index in [1.54, 1.807) is 0 Å². The molecule has 2 rings (SSSR count). The van der Waals surface area contributed by atoms with Crippen LogP contribution in [0, 0.1) is 11.3 Å². The van der Waals surface area contributed by atoms with Crippen LogP contribution in [-0.4, -0.2) is 10.6 Å². The Kier molecular flexibility index (Phi) is 1.85. The average Bonchev–Trinajstić information content (AvgIpc) is 2.44. The Morgan fingerprint density at radius 2 is 2.17 bits per heavy atom. The van der Waals surface area contributed by atoms with Gasteiger partial charge in [-0.15, -0.1) is 0 Å². The molecule has 0 unspecified atom stereocenters. The summed E-state index contributed by atoms with van der Waals surface area (Å²) in [6.45, 7) is 0. The third-order valence-electron chi connectivity index (χ3n) is 1.78. The third kappa shape index (κ3) is 1.03. The Hall–Kier alpha value is -0.890. The molecule has 1 aliphatic rings. The minimum atomic E-state index is -0.227. The van der Waals surface area contributed by atoms with E-state index >= 15 is 0 Å². The molecule has 0 amide bonds. The van der Waals surface area contributed by atoms with E-state index in [1.807, 2.05) is 18.2 Å². The summed E-state index contributed by atoms with van der Waals surface area (Å²) in [5.74, 6) is 0. The van der Waals surface area contributed by atoms with Gasteiger partial charge in [0.15, 0.2) is 0 Å². The van der Waals surface area contributed by atoms with E-state index in [1.165, 1.54) is 5.69 Å². The summed E-state index contributed by atoms with van der Waals surface area (Å²) in [5, 5.41) is 8.84. The van der Waals surface area contributed by atoms with Gasteiger partial charge in [0.25, 0.3) is 0 Å². The van der Waals surface area contributed by atoms with Crippen molar-refractivity contribution in [3.8, 4) is 6.07 Å². The zero-order valence-corrected chi connectivity index (χ0v) is 8.74. The predicted molar refractivity (Wildman–Crippen MR) is 58.6 cm³/mol. The average molecular weight is 270 g/mol. The van der Waals surface area contributed by atoms with E-state index in [-0.39, 0.29) is 21.0 Å². The van der Waals surface area contributed by atoms with Crippen LogP contribution in [0.15, 0.2) is 24.3 Å². The molecule has 0 radical (unpaired) electrons. The van der Waals surface area contributed by atoms with Crippen LogP contribution in [0.3, 0.4) is 0 Å². The number of nitriles is 1. The fraction of sp³-hybridized carbons (Fsp3) is 0.111. The maximum atomic E-state index is 8.84. The molecule has 0 fully saturated rings. The highest BCUT2D eigenvalue weighted by atomic mass is 127. The van der Waals surface area contributed by atoms with Gasteiger partial charge >= 0.3 is 0 Å². The first-order chi connectivity index (χ1) is 5.83. The van der Waals surface area contributed by atoms with Crippen LogP contribution in [0.4, 0.5) is 5.69 Å². The summed E-state index contributed by atoms with van der Waals surface area (Å²) in [4.78, 5) is 0. The molecule has 0 N–H and O–H groups in total. The Morgan fingerprint density at radius 3 is 2.92 bits per heavy atom. The van der Waals surface area contributed by atoms with Crippen molar-refractivity contribution in [2.75, 3.05) is 10.2 Å². The molecule has 0 saturated heterocycles. The standard InChI is InChI=1S/C9H7IN2/c1-12-9-5-3-2-4-7(9)8(6-11)10-12/h2-5H,1H3. The van der Waals surface area contributed by atoms with Crippen molar-refractivity contribution in [3.05, 3.63) is 29.8 Å². The Labute approximate surface area is 81.5 Å². The minimum absolute atomic E-state index is 0.227. The number of benzene rings is 1. The molecule has 1 aromatic rings. The van der Waals surface area contributed by atoms with Crippen LogP contribution in [0.5, 0.6) is 0 Å². The molecule has 1 heterocycles. The molecule has 0 spiro atoms. The lowest BCUT2D eigenvalue weighted by atomic mass is 10.1. The molecule has 0 atom stereocenters. The number of hydrogen-bond acceptors (Lipinski definition) is 2. The maximum absolute atomic E-state index is 8.84. The van der Waals surface area contributed by atoms with Crippen LogP contribution < -0.4 is 3.11 Å². The van der Waals surface area contributed by atoms with E-state index < -0.39 is 0 Å². The SMILES string of the molecule is CN1I=C(C#N)c2ccccc21. The van der Waals surface area contributed by atoms with Gasteiger partial charge in [0.2, 0.25) is 0 Å². The molecular formula is C9H7IN2. The first-order valence-electron chi connectivity index (χ1n) is 3.58. The molecule has 12 heavy (non-hydrogen) atoms. The number of nitrogens with zero attached hydrogens (tertiary/aromatic N) is 2. The largest absolute Gasteiger partial charge is 0.321 e. The van der Waals surface area contributed by atoms with Crippen molar-refractivity contribution >= 4 is 30.2 Å². The smallest absolute Gasteiger partial charge is 0.110 e. The Bertz CT molecular complexity index is 390. The third-order valence-corrected chi connectivity index (χ3v) is 4.33. The summed E-state index contributed by atoms with van der Waals surface area (Å²) in [6, 6.07) is 10.4. The van der Waals surface area contributed by atoms with Crippen LogP contribution in [0.25, 0.3) is 0 Å². The van der Waals surface area contributed by atoms with Gasteiger partial charge in [-0.05, 0) is 6.07 Å². The summed E-state index contributed by atoms with van der Waals surface area (Å²) in [6.07, 6.45) is 0. The summed E-state index contributed by atoms with van der Waals surface area (Å²) < 4.78 is 3.18. The van der Waals surface area contributed by atoms with Crippen molar-refractivity contribution in [3.63, 3.8) is 0 Å². The number of anilines is 1. The van der Waals surface area contributed by atoms with Crippen molar-refractivity contribution in [2.24, 2.45) is 0 Å². The van der Waals surface area contributed by atoms with Crippen LogP contribution >= 0.6 is 21.0 Å². The number of halogens is 1. The number of rotatable bonds is 0. The zero-order chi connectivity index (χ0) is 8.55. The van der Waals surface area contributed by atoms with Gasteiger partial charge < -0.3 is 3.11 Å². The van der Waals surface area contributed by atoms with Crippen LogP contribution in [0.2, 0.25) is 0 Å². The van der Waals surface area contributed by atoms with E-state index in [0.29, 0.717) is 0 Å². The molecular weight excluding hydrogens is 263 g/mol. The van der Waals surface area contributed by atoms with Gasteiger partial charge in [0.1, 0.15) is 9.58 Å². The van der Waals surface area contributed by atoms with E-state index in [4.69, 9.17) is 5.26 Å². The highest BCUT2D eigenvalue weighted by Gasteiger charge is 2.17. The monoisotopic (exact) mass is 270 g/mol. The van der Waals surface area contributed by atoms with Crippen molar-refractivity contribution in [1.82, 2.24) is 0 Å². The van der Waals surface area contributed by atoms with Gasteiger partial charge in [-0.25, -0.2) is 0 Å². The molecule has 60 valence electrons. The van der Waals surface area contributed by atoms with E-state index in [9.17, 15) is 0 Å². The summed E-state index contributed by atoms with van der Waals surface area (Å²) in [5.41, 5.74) is 2.34. The maximum Gasteiger partial charge on any atom is 0.110 e. The summed E-state index contributed by atoms with van der Waals surface area (Å²) >= 11 is -0.227. The second-order valence-electron chi connectivity index (χ2n) is 2.50. The molecule has 2 nitrogen and oxygen atoms in total. The minimum Gasteiger partial charge on any atom is -0.321 e. The number of para-hydroxylation sites is 1.